The molecule has 0 radical (unpaired) electrons. The van der Waals surface area contributed by atoms with E-state index in [0.29, 0.717) is 29.6 Å². The topological polar surface area (TPSA) is 62.1 Å². The van der Waals surface area contributed by atoms with Gasteiger partial charge in [0.25, 0.3) is 0 Å². The van der Waals surface area contributed by atoms with Gasteiger partial charge in [0.05, 0.1) is 13.2 Å². The molecule has 2 atom stereocenters. The van der Waals surface area contributed by atoms with E-state index in [1.54, 1.807) is 0 Å². The molecule has 0 saturated carbocycles. The van der Waals surface area contributed by atoms with Gasteiger partial charge in [0.1, 0.15) is 6.29 Å². The zero-order valence-corrected chi connectivity index (χ0v) is 14.6. The summed E-state index contributed by atoms with van der Waals surface area (Å²) in [6, 6.07) is 4.90. The third-order valence-electron chi connectivity index (χ3n) is 4.31. The van der Waals surface area contributed by atoms with Crippen molar-refractivity contribution in [1.29, 1.82) is 0 Å². The third kappa shape index (κ3) is 3.67. The van der Waals surface area contributed by atoms with E-state index in [-0.39, 0.29) is 5.75 Å². The van der Waals surface area contributed by atoms with Crippen LogP contribution < -0.4 is 4.74 Å². The van der Waals surface area contributed by atoms with Crippen LogP contribution in [0.25, 0.3) is 0 Å². The summed E-state index contributed by atoms with van der Waals surface area (Å²) in [4.78, 5) is 16.7. The summed E-state index contributed by atoms with van der Waals surface area (Å²) >= 11 is 0. The Morgan fingerprint density at radius 3 is 2.75 bits per heavy atom. The molecule has 0 amide bonds. The lowest BCUT2D eigenvalue weighted by Crippen LogP contribution is -2.28. The maximum absolute atomic E-state index is 10.2. The number of rotatable bonds is 3. The predicted molar refractivity (Wildman–Crippen MR) is 96.0 cm³/mol. The molecule has 0 aromatic heterocycles. The quantitative estimate of drug-likeness (QED) is 0.684. The third-order valence-corrected chi connectivity index (χ3v) is 4.31. The van der Waals surface area contributed by atoms with Crippen LogP contribution in [-0.2, 0) is 0 Å². The van der Waals surface area contributed by atoms with Crippen molar-refractivity contribution < 1.29 is 14.6 Å². The molecule has 24 heavy (non-hydrogen) atoms. The SMILES string of the molecule is CN=CC1CC2=C(C(C)C=C2)N1C.COc1cc(C=O)ccc1O. The number of allylic oxidation sites excluding steroid dienone is 2. The molecule has 5 nitrogen and oxygen atoms in total. The zero-order chi connectivity index (χ0) is 17.7. The minimum absolute atomic E-state index is 0.0399. The number of hydrogen-bond acceptors (Lipinski definition) is 5. The molecular weight excluding hydrogens is 304 g/mol. The lowest BCUT2D eigenvalue weighted by Gasteiger charge is -2.24. The number of aromatic hydroxyl groups is 1. The molecule has 1 aromatic carbocycles. The molecule has 0 bridgehead atoms. The Morgan fingerprint density at radius 2 is 2.17 bits per heavy atom. The van der Waals surface area contributed by atoms with E-state index in [9.17, 15) is 4.79 Å². The molecule has 3 rings (SSSR count). The lowest BCUT2D eigenvalue weighted by molar-refractivity contribution is 0.112. The standard InChI is InChI=1S/C11H16N2.C8H8O3/c1-8-4-5-9-6-10(7-12-2)13(3)11(8)9;1-11-8-4-6(5-9)2-3-7(8)10/h4-5,7-8,10H,6H2,1-3H3;2-5,10H,1H3. The summed E-state index contributed by atoms with van der Waals surface area (Å²) in [5.41, 5.74) is 3.48. The largest absolute Gasteiger partial charge is 0.504 e. The number of benzene rings is 1. The van der Waals surface area contributed by atoms with Crippen LogP contribution in [-0.4, -0.2) is 49.8 Å². The summed E-state index contributed by atoms with van der Waals surface area (Å²) in [7, 11) is 5.44. The fourth-order valence-electron chi connectivity index (χ4n) is 3.08. The predicted octanol–water partition coefficient (Wildman–Crippen LogP) is 3.06. The Kier molecular flexibility index (Phi) is 5.79. The van der Waals surface area contributed by atoms with Crippen molar-refractivity contribution in [3.8, 4) is 11.5 Å². The molecule has 1 aliphatic carbocycles. The number of ether oxygens (including phenoxy) is 1. The number of phenolic OH excluding ortho intramolecular Hbond substituents is 1. The van der Waals surface area contributed by atoms with Crippen molar-refractivity contribution in [2.45, 2.75) is 19.4 Å². The van der Waals surface area contributed by atoms with Crippen LogP contribution in [0.5, 0.6) is 11.5 Å². The van der Waals surface area contributed by atoms with Crippen LogP contribution in [0.1, 0.15) is 23.7 Å². The first-order chi connectivity index (χ1) is 11.5. The smallest absolute Gasteiger partial charge is 0.161 e. The highest BCUT2D eigenvalue weighted by Gasteiger charge is 2.31. The Labute approximate surface area is 143 Å². The molecule has 1 aliphatic heterocycles. The van der Waals surface area contributed by atoms with Crippen molar-refractivity contribution >= 4 is 12.5 Å². The maximum atomic E-state index is 10.2. The van der Waals surface area contributed by atoms with Crippen LogP contribution in [0.15, 0.2) is 46.6 Å². The minimum Gasteiger partial charge on any atom is -0.504 e. The molecule has 2 unspecified atom stereocenters. The van der Waals surface area contributed by atoms with E-state index >= 15 is 0 Å². The highest BCUT2D eigenvalue weighted by atomic mass is 16.5. The van der Waals surface area contributed by atoms with E-state index in [1.165, 1.54) is 36.6 Å². The van der Waals surface area contributed by atoms with Gasteiger partial charge in [-0.2, -0.15) is 0 Å². The number of carbonyl (C=O) groups is 1. The van der Waals surface area contributed by atoms with E-state index in [4.69, 9.17) is 9.84 Å². The number of aliphatic imine (C=N–C) groups is 1. The lowest BCUT2D eigenvalue weighted by atomic mass is 10.1. The van der Waals surface area contributed by atoms with Crippen LogP contribution in [0, 0.1) is 5.92 Å². The normalized spacial score (nSPS) is 21.8. The first-order valence-corrected chi connectivity index (χ1v) is 7.90. The van der Waals surface area contributed by atoms with Crippen molar-refractivity contribution in [1.82, 2.24) is 4.90 Å². The zero-order valence-electron chi connectivity index (χ0n) is 14.6. The molecule has 1 N–H and O–H groups in total. The molecule has 1 aromatic rings. The summed E-state index contributed by atoms with van der Waals surface area (Å²) in [6.07, 6.45) is 8.41. The van der Waals surface area contributed by atoms with Gasteiger partial charge in [-0.3, -0.25) is 9.79 Å². The Bertz CT molecular complexity index is 692. The van der Waals surface area contributed by atoms with Gasteiger partial charge >= 0.3 is 0 Å². The van der Waals surface area contributed by atoms with Crippen molar-refractivity contribution in [3.05, 3.63) is 47.2 Å². The van der Waals surface area contributed by atoms with Gasteiger partial charge in [-0.25, -0.2) is 0 Å². The van der Waals surface area contributed by atoms with Crippen LogP contribution in [0.2, 0.25) is 0 Å². The molecular formula is C19H24N2O3. The van der Waals surface area contributed by atoms with E-state index in [2.05, 4.69) is 36.0 Å². The first-order valence-electron chi connectivity index (χ1n) is 7.90. The average molecular weight is 328 g/mol. The second-order valence-electron chi connectivity index (χ2n) is 5.90. The summed E-state index contributed by atoms with van der Waals surface area (Å²) in [5.74, 6) is 0.947. The number of carbonyl (C=O) groups excluding carboxylic acids is 1. The highest BCUT2D eigenvalue weighted by Crippen LogP contribution is 2.37. The monoisotopic (exact) mass is 328 g/mol. The van der Waals surface area contributed by atoms with E-state index < -0.39 is 0 Å². The number of phenols is 1. The Hall–Kier alpha value is -2.56. The number of methoxy groups -OCH3 is 1. The van der Waals surface area contributed by atoms with Gasteiger partial charge in [0.2, 0.25) is 0 Å². The minimum atomic E-state index is 0.0399. The Balaban J connectivity index is 0.000000177. The summed E-state index contributed by atoms with van der Waals surface area (Å²) < 4.78 is 4.78. The fraction of sp³-hybridized carbons (Fsp3) is 0.368. The number of nitrogens with zero attached hydrogens (tertiary/aromatic N) is 2. The van der Waals surface area contributed by atoms with Crippen LogP contribution in [0.3, 0.4) is 0 Å². The van der Waals surface area contributed by atoms with Gasteiger partial charge in [-0.15, -0.1) is 0 Å². The van der Waals surface area contributed by atoms with Gasteiger partial charge < -0.3 is 14.7 Å². The fourth-order valence-corrected chi connectivity index (χ4v) is 3.08. The molecule has 0 saturated heterocycles. The van der Waals surface area contributed by atoms with Crippen LogP contribution >= 0.6 is 0 Å². The number of aldehydes is 1. The molecule has 128 valence electrons. The Morgan fingerprint density at radius 1 is 1.42 bits per heavy atom. The maximum Gasteiger partial charge on any atom is 0.161 e. The molecule has 0 spiro atoms. The number of hydrogen-bond donors (Lipinski definition) is 1. The molecule has 5 heteroatoms. The highest BCUT2D eigenvalue weighted by molar-refractivity contribution is 5.76. The van der Waals surface area contributed by atoms with Crippen molar-refractivity contribution in [2.75, 3.05) is 21.2 Å². The van der Waals surface area contributed by atoms with Crippen molar-refractivity contribution in [2.24, 2.45) is 10.9 Å². The second kappa shape index (κ2) is 7.81. The molecule has 2 aliphatic rings. The van der Waals surface area contributed by atoms with E-state index in [1.807, 2.05) is 13.3 Å². The van der Waals surface area contributed by atoms with Crippen LogP contribution in [0.4, 0.5) is 0 Å². The summed E-state index contributed by atoms with van der Waals surface area (Å²) in [6.45, 7) is 2.25. The first kappa shape index (κ1) is 17.8. The van der Waals surface area contributed by atoms with Gasteiger partial charge in [-0.05, 0) is 30.2 Å². The van der Waals surface area contributed by atoms with Gasteiger partial charge in [-0.1, -0.05) is 19.1 Å². The molecule has 1 heterocycles. The van der Waals surface area contributed by atoms with Crippen molar-refractivity contribution in [3.63, 3.8) is 0 Å². The molecule has 0 fully saturated rings. The van der Waals surface area contributed by atoms with E-state index in [0.717, 1.165) is 6.42 Å². The average Bonchev–Trinajstić information content (AvgIpc) is 3.10. The summed E-state index contributed by atoms with van der Waals surface area (Å²) in [5, 5.41) is 9.09. The van der Waals surface area contributed by atoms with Gasteiger partial charge in [0.15, 0.2) is 11.5 Å². The van der Waals surface area contributed by atoms with Gasteiger partial charge in [0, 0.05) is 37.5 Å². The second-order valence-corrected chi connectivity index (χ2v) is 5.90.